The molecule has 1 aromatic carbocycles. The van der Waals surface area contributed by atoms with Gasteiger partial charge in [0.15, 0.2) is 0 Å². The number of nitrogens with zero attached hydrogens (tertiary/aromatic N) is 1. The normalized spacial score (nSPS) is 27.4. The van der Waals surface area contributed by atoms with Crippen molar-refractivity contribution in [1.29, 1.82) is 0 Å². The number of hydrogen-bond donors (Lipinski definition) is 1. The average molecular weight is 260 g/mol. The lowest BCUT2D eigenvalue weighted by Gasteiger charge is -2.43. The highest BCUT2D eigenvalue weighted by molar-refractivity contribution is 5.60. The molecular weight excluding hydrogens is 236 g/mol. The molecule has 2 fully saturated rings. The van der Waals surface area contributed by atoms with Gasteiger partial charge in [-0.1, -0.05) is 6.07 Å². The van der Waals surface area contributed by atoms with Crippen LogP contribution >= 0.6 is 0 Å². The van der Waals surface area contributed by atoms with Gasteiger partial charge in [-0.25, -0.2) is 0 Å². The average Bonchev–Trinajstić information content (AvgIpc) is 3.23. The molecule has 19 heavy (non-hydrogen) atoms. The molecule has 1 heterocycles. The molecule has 1 atom stereocenters. The number of methoxy groups -OCH3 is 1. The van der Waals surface area contributed by atoms with Gasteiger partial charge < -0.3 is 15.0 Å². The van der Waals surface area contributed by atoms with Crippen LogP contribution in [0.2, 0.25) is 0 Å². The Kier molecular flexibility index (Phi) is 3.17. The van der Waals surface area contributed by atoms with Gasteiger partial charge in [0.2, 0.25) is 0 Å². The van der Waals surface area contributed by atoms with Crippen LogP contribution in [-0.4, -0.2) is 32.3 Å². The fourth-order valence-corrected chi connectivity index (χ4v) is 3.25. The van der Waals surface area contributed by atoms with Gasteiger partial charge in [0.05, 0.1) is 12.8 Å². The summed E-state index contributed by atoms with van der Waals surface area (Å²) in [5.74, 6) is 1.84. The van der Waals surface area contributed by atoms with Gasteiger partial charge in [-0.05, 0) is 50.3 Å². The van der Waals surface area contributed by atoms with E-state index in [4.69, 9.17) is 4.74 Å². The van der Waals surface area contributed by atoms with Gasteiger partial charge in [0.1, 0.15) is 5.75 Å². The summed E-state index contributed by atoms with van der Waals surface area (Å²) >= 11 is 0. The SMILES string of the molecule is COc1ccc(C)cc1N1CCNC(C)(C2CC2)C1. The molecule has 1 N–H and O–H groups in total. The Hall–Kier alpha value is -1.22. The number of nitrogens with one attached hydrogen (secondary N) is 1. The van der Waals surface area contributed by atoms with Crippen LogP contribution in [0.4, 0.5) is 5.69 Å². The van der Waals surface area contributed by atoms with Crippen molar-refractivity contribution in [3.8, 4) is 5.75 Å². The molecule has 2 aliphatic rings. The van der Waals surface area contributed by atoms with Crippen molar-refractivity contribution < 1.29 is 4.74 Å². The number of anilines is 1. The molecule has 1 aromatic rings. The van der Waals surface area contributed by atoms with Crippen LogP contribution in [0.5, 0.6) is 5.75 Å². The maximum atomic E-state index is 5.54. The smallest absolute Gasteiger partial charge is 0.142 e. The summed E-state index contributed by atoms with van der Waals surface area (Å²) in [6, 6.07) is 6.45. The minimum Gasteiger partial charge on any atom is -0.495 e. The zero-order valence-electron chi connectivity index (χ0n) is 12.2. The summed E-state index contributed by atoms with van der Waals surface area (Å²) in [6.45, 7) is 7.72. The topological polar surface area (TPSA) is 24.5 Å². The van der Waals surface area contributed by atoms with Gasteiger partial charge in [0.25, 0.3) is 0 Å². The van der Waals surface area contributed by atoms with E-state index in [9.17, 15) is 0 Å². The first-order valence-electron chi connectivity index (χ1n) is 7.27. The van der Waals surface area contributed by atoms with Gasteiger partial charge in [-0.15, -0.1) is 0 Å². The Balaban J connectivity index is 1.86. The van der Waals surface area contributed by atoms with Crippen molar-refractivity contribution in [2.75, 3.05) is 31.6 Å². The van der Waals surface area contributed by atoms with E-state index in [1.165, 1.54) is 24.1 Å². The second-order valence-electron chi connectivity index (χ2n) is 6.22. The molecule has 0 bridgehead atoms. The lowest BCUT2D eigenvalue weighted by atomic mass is 9.92. The van der Waals surface area contributed by atoms with E-state index in [2.05, 4.69) is 42.3 Å². The van der Waals surface area contributed by atoms with Crippen LogP contribution < -0.4 is 15.0 Å². The van der Waals surface area contributed by atoms with Crippen molar-refractivity contribution in [1.82, 2.24) is 5.32 Å². The van der Waals surface area contributed by atoms with Crippen molar-refractivity contribution in [3.63, 3.8) is 0 Å². The highest BCUT2D eigenvalue weighted by atomic mass is 16.5. The molecule has 1 aliphatic carbocycles. The van der Waals surface area contributed by atoms with Crippen LogP contribution in [0.15, 0.2) is 18.2 Å². The molecule has 104 valence electrons. The Morgan fingerprint density at radius 2 is 2.16 bits per heavy atom. The zero-order chi connectivity index (χ0) is 13.5. The highest BCUT2D eigenvalue weighted by Gasteiger charge is 2.44. The maximum Gasteiger partial charge on any atom is 0.142 e. The number of benzene rings is 1. The first-order chi connectivity index (χ1) is 9.12. The van der Waals surface area contributed by atoms with E-state index < -0.39 is 0 Å². The first-order valence-corrected chi connectivity index (χ1v) is 7.27. The lowest BCUT2D eigenvalue weighted by molar-refractivity contribution is 0.284. The van der Waals surface area contributed by atoms with Gasteiger partial charge in [0, 0.05) is 25.2 Å². The third-order valence-corrected chi connectivity index (χ3v) is 4.58. The number of aryl methyl sites for hydroxylation is 1. The van der Waals surface area contributed by atoms with Crippen LogP contribution in [-0.2, 0) is 0 Å². The number of ether oxygens (including phenoxy) is 1. The van der Waals surface area contributed by atoms with Gasteiger partial charge in [-0.3, -0.25) is 0 Å². The van der Waals surface area contributed by atoms with Crippen molar-refractivity contribution in [2.24, 2.45) is 5.92 Å². The Morgan fingerprint density at radius 3 is 2.84 bits per heavy atom. The summed E-state index contributed by atoms with van der Waals surface area (Å²) in [7, 11) is 1.76. The molecule has 0 radical (unpaired) electrons. The highest BCUT2D eigenvalue weighted by Crippen LogP contribution is 2.42. The number of piperazine rings is 1. The molecule has 1 aliphatic heterocycles. The number of hydrogen-bond acceptors (Lipinski definition) is 3. The Labute approximate surface area is 115 Å². The third kappa shape index (κ3) is 2.44. The number of rotatable bonds is 3. The zero-order valence-corrected chi connectivity index (χ0v) is 12.2. The van der Waals surface area contributed by atoms with E-state index in [1.54, 1.807) is 7.11 Å². The molecule has 0 aromatic heterocycles. The summed E-state index contributed by atoms with van der Waals surface area (Å²) in [6.07, 6.45) is 2.75. The lowest BCUT2D eigenvalue weighted by Crippen LogP contribution is -2.60. The van der Waals surface area contributed by atoms with E-state index in [0.29, 0.717) is 0 Å². The Morgan fingerprint density at radius 1 is 1.37 bits per heavy atom. The summed E-state index contributed by atoms with van der Waals surface area (Å²) in [5, 5.41) is 3.73. The van der Waals surface area contributed by atoms with Crippen LogP contribution in [0.1, 0.15) is 25.3 Å². The van der Waals surface area contributed by atoms with Crippen LogP contribution in [0, 0.1) is 12.8 Å². The molecule has 0 spiro atoms. The monoisotopic (exact) mass is 260 g/mol. The summed E-state index contributed by atoms with van der Waals surface area (Å²) < 4.78 is 5.54. The second kappa shape index (κ2) is 4.71. The van der Waals surface area contributed by atoms with Crippen molar-refractivity contribution >= 4 is 5.69 Å². The molecule has 1 saturated carbocycles. The molecular formula is C16H24N2O. The Bertz CT molecular complexity index is 470. The quantitative estimate of drug-likeness (QED) is 0.904. The largest absolute Gasteiger partial charge is 0.495 e. The summed E-state index contributed by atoms with van der Waals surface area (Å²) in [4.78, 5) is 2.49. The molecule has 1 saturated heterocycles. The van der Waals surface area contributed by atoms with Crippen molar-refractivity contribution in [2.45, 2.75) is 32.2 Å². The first kappa shape index (κ1) is 12.8. The van der Waals surface area contributed by atoms with E-state index in [0.717, 1.165) is 31.3 Å². The molecule has 3 nitrogen and oxygen atoms in total. The fourth-order valence-electron chi connectivity index (χ4n) is 3.25. The minimum absolute atomic E-state index is 0.271. The van der Waals surface area contributed by atoms with Crippen LogP contribution in [0.3, 0.4) is 0 Å². The molecule has 3 heteroatoms. The van der Waals surface area contributed by atoms with E-state index in [-0.39, 0.29) is 5.54 Å². The predicted molar refractivity (Wildman–Crippen MR) is 79.1 cm³/mol. The molecule has 0 amide bonds. The fraction of sp³-hybridized carbons (Fsp3) is 0.625. The van der Waals surface area contributed by atoms with Gasteiger partial charge in [-0.2, -0.15) is 0 Å². The molecule has 1 unspecified atom stereocenters. The minimum atomic E-state index is 0.271. The second-order valence-corrected chi connectivity index (χ2v) is 6.22. The maximum absolute atomic E-state index is 5.54. The predicted octanol–water partition coefficient (Wildman–Crippen LogP) is 2.58. The summed E-state index contributed by atoms with van der Waals surface area (Å²) in [5.41, 5.74) is 2.81. The van der Waals surface area contributed by atoms with E-state index in [1.807, 2.05) is 0 Å². The van der Waals surface area contributed by atoms with Crippen molar-refractivity contribution in [3.05, 3.63) is 23.8 Å². The van der Waals surface area contributed by atoms with E-state index >= 15 is 0 Å². The van der Waals surface area contributed by atoms with Crippen LogP contribution in [0.25, 0.3) is 0 Å². The third-order valence-electron chi connectivity index (χ3n) is 4.58. The van der Waals surface area contributed by atoms with Gasteiger partial charge >= 0.3 is 0 Å². The molecule has 3 rings (SSSR count). The standard InChI is InChI=1S/C16H24N2O/c1-12-4-7-15(19-3)14(10-12)18-9-8-17-16(2,11-18)13-5-6-13/h4,7,10,13,17H,5-6,8-9,11H2,1-3H3.